The number of hydrogen-bond acceptors (Lipinski definition) is 3. The van der Waals surface area contributed by atoms with E-state index in [9.17, 15) is 9.59 Å². The number of hydrogen-bond donors (Lipinski definition) is 1. The number of rotatable bonds is 5. The van der Waals surface area contributed by atoms with Crippen molar-refractivity contribution in [1.29, 1.82) is 0 Å². The average molecular weight is 320 g/mol. The second kappa shape index (κ2) is 7.33. The standard InChI is InChI=1S/C19H32N2O2/c1-21-17(22)13-19(18(21)23,12-15-8-4-2-5-9-15)14-20-16-10-6-3-7-11-16/h15-16,20H,2-14H2,1H3. The van der Waals surface area contributed by atoms with Crippen LogP contribution in [0.3, 0.4) is 0 Å². The molecule has 4 nitrogen and oxygen atoms in total. The maximum atomic E-state index is 12.8. The number of nitrogens with zero attached hydrogens (tertiary/aromatic N) is 1. The Labute approximate surface area is 140 Å². The van der Waals surface area contributed by atoms with E-state index in [1.165, 1.54) is 69.1 Å². The van der Waals surface area contributed by atoms with Crippen LogP contribution in [-0.4, -0.2) is 36.3 Å². The summed E-state index contributed by atoms with van der Waals surface area (Å²) in [5.41, 5.74) is -0.467. The number of imide groups is 1. The van der Waals surface area contributed by atoms with E-state index in [1.54, 1.807) is 7.05 Å². The minimum Gasteiger partial charge on any atom is -0.313 e. The fourth-order valence-corrected chi connectivity index (χ4v) is 4.91. The summed E-state index contributed by atoms with van der Waals surface area (Å²) in [5, 5.41) is 3.67. The van der Waals surface area contributed by atoms with E-state index in [-0.39, 0.29) is 11.8 Å². The second-order valence-corrected chi connectivity index (χ2v) is 8.14. The Morgan fingerprint density at radius 3 is 2.17 bits per heavy atom. The Morgan fingerprint density at radius 1 is 1.00 bits per heavy atom. The summed E-state index contributed by atoms with van der Waals surface area (Å²) >= 11 is 0. The van der Waals surface area contributed by atoms with E-state index in [0.29, 0.717) is 24.9 Å². The zero-order valence-electron chi connectivity index (χ0n) is 14.6. The highest BCUT2D eigenvalue weighted by atomic mass is 16.2. The maximum absolute atomic E-state index is 12.8. The van der Waals surface area contributed by atoms with Crippen molar-refractivity contribution >= 4 is 11.8 Å². The number of nitrogens with one attached hydrogen (secondary N) is 1. The van der Waals surface area contributed by atoms with Gasteiger partial charge in [-0.3, -0.25) is 14.5 Å². The normalized spacial score (nSPS) is 31.1. The zero-order chi connectivity index (χ0) is 16.3. The fourth-order valence-electron chi connectivity index (χ4n) is 4.91. The van der Waals surface area contributed by atoms with Crippen LogP contribution >= 0.6 is 0 Å². The predicted molar refractivity (Wildman–Crippen MR) is 90.9 cm³/mol. The Hall–Kier alpha value is -0.900. The van der Waals surface area contributed by atoms with Gasteiger partial charge in [0.2, 0.25) is 11.8 Å². The first-order valence-electron chi connectivity index (χ1n) is 9.65. The summed E-state index contributed by atoms with van der Waals surface area (Å²) in [5.74, 6) is 0.702. The molecule has 0 aromatic heterocycles. The van der Waals surface area contributed by atoms with Crippen LogP contribution in [-0.2, 0) is 9.59 Å². The largest absolute Gasteiger partial charge is 0.313 e. The Balaban J connectivity index is 1.67. The fraction of sp³-hybridized carbons (Fsp3) is 0.895. The van der Waals surface area contributed by atoms with Crippen LogP contribution in [0.5, 0.6) is 0 Å². The highest BCUT2D eigenvalue weighted by Gasteiger charge is 2.50. The van der Waals surface area contributed by atoms with Gasteiger partial charge in [-0.1, -0.05) is 51.4 Å². The first-order chi connectivity index (χ1) is 11.1. The van der Waals surface area contributed by atoms with Gasteiger partial charge in [0.05, 0.1) is 5.41 Å². The molecule has 1 atom stereocenters. The van der Waals surface area contributed by atoms with Crippen molar-refractivity contribution in [2.24, 2.45) is 11.3 Å². The molecule has 2 saturated carbocycles. The lowest BCUT2D eigenvalue weighted by molar-refractivity contribution is -0.140. The molecule has 0 aromatic carbocycles. The maximum Gasteiger partial charge on any atom is 0.236 e. The Bertz CT molecular complexity index is 439. The third-order valence-electron chi connectivity index (χ3n) is 6.36. The quantitative estimate of drug-likeness (QED) is 0.791. The van der Waals surface area contributed by atoms with Crippen molar-refractivity contribution < 1.29 is 9.59 Å². The van der Waals surface area contributed by atoms with Gasteiger partial charge in [0, 0.05) is 26.1 Å². The van der Waals surface area contributed by atoms with Crippen LogP contribution in [0, 0.1) is 11.3 Å². The molecule has 0 spiro atoms. The lowest BCUT2D eigenvalue weighted by Crippen LogP contribution is -2.46. The molecule has 1 unspecified atom stereocenters. The van der Waals surface area contributed by atoms with Gasteiger partial charge < -0.3 is 5.32 Å². The molecule has 2 aliphatic carbocycles. The van der Waals surface area contributed by atoms with Gasteiger partial charge in [-0.25, -0.2) is 0 Å². The number of carbonyl (C=O) groups is 2. The molecule has 1 saturated heterocycles. The molecular weight excluding hydrogens is 288 g/mol. The Kier molecular flexibility index (Phi) is 5.40. The summed E-state index contributed by atoms with van der Waals surface area (Å²) in [7, 11) is 1.66. The van der Waals surface area contributed by atoms with Gasteiger partial charge in [-0.15, -0.1) is 0 Å². The summed E-state index contributed by atoms with van der Waals surface area (Å²) in [6.07, 6.45) is 14.0. The van der Waals surface area contributed by atoms with E-state index in [2.05, 4.69) is 5.32 Å². The molecular formula is C19H32N2O2. The summed E-state index contributed by atoms with van der Waals surface area (Å²) in [6, 6.07) is 0.542. The van der Waals surface area contributed by atoms with E-state index < -0.39 is 5.41 Å². The second-order valence-electron chi connectivity index (χ2n) is 8.14. The molecule has 4 heteroatoms. The topological polar surface area (TPSA) is 49.4 Å². The third-order valence-corrected chi connectivity index (χ3v) is 6.36. The number of likely N-dealkylation sites (tertiary alicyclic amines) is 1. The summed E-state index contributed by atoms with van der Waals surface area (Å²) in [4.78, 5) is 26.4. The molecule has 1 heterocycles. The SMILES string of the molecule is CN1C(=O)CC(CNC2CCCCC2)(CC2CCCCC2)C1=O. The summed E-state index contributed by atoms with van der Waals surface area (Å²) < 4.78 is 0. The molecule has 130 valence electrons. The lowest BCUT2D eigenvalue weighted by atomic mass is 9.73. The van der Waals surface area contributed by atoms with Crippen molar-refractivity contribution in [2.45, 2.75) is 83.1 Å². The zero-order valence-corrected chi connectivity index (χ0v) is 14.6. The minimum absolute atomic E-state index is 0.0104. The van der Waals surface area contributed by atoms with Crippen LogP contribution < -0.4 is 5.32 Å². The molecule has 3 rings (SSSR count). The third kappa shape index (κ3) is 3.78. The molecule has 3 fully saturated rings. The van der Waals surface area contributed by atoms with Crippen molar-refractivity contribution in [3.63, 3.8) is 0 Å². The van der Waals surface area contributed by atoms with E-state index in [1.807, 2.05) is 0 Å². The van der Waals surface area contributed by atoms with Crippen molar-refractivity contribution in [2.75, 3.05) is 13.6 Å². The van der Waals surface area contributed by atoms with Crippen LogP contribution in [0.4, 0.5) is 0 Å². The first-order valence-corrected chi connectivity index (χ1v) is 9.65. The minimum atomic E-state index is -0.467. The van der Waals surface area contributed by atoms with E-state index >= 15 is 0 Å². The molecule has 3 aliphatic rings. The molecule has 23 heavy (non-hydrogen) atoms. The van der Waals surface area contributed by atoms with Gasteiger partial charge in [0.25, 0.3) is 0 Å². The first kappa shape index (κ1) is 16.9. The van der Waals surface area contributed by atoms with Gasteiger partial charge >= 0.3 is 0 Å². The van der Waals surface area contributed by atoms with E-state index in [0.717, 1.165) is 6.42 Å². The highest BCUT2D eigenvalue weighted by molar-refractivity contribution is 6.05. The summed E-state index contributed by atoms with van der Waals surface area (Å²) in [6.45, 7) is 0.698. The molecule has 1 aliphatic heterocycles. The molecule has 2 amide bonds. The van der Waals surface area contributed by atoms with Gasteiger partial charge in [0.1, 0.15) is 0 Å². The molecule has 0 radical (unpaired) electrons. The molecule has 0 aromatic rings. The van der Waals surface area contributed by atoms with Gasteiger partial charge in [-0.05, 0) is 25.2 Å². The van der Waals surface area contributed by atoms with Crippen molar-refractivity contribution in [3.05, 3.63) is 0 Å². The van der Waals surface area contributed by atoms with Crippen LogP contribution in [0.2, 0.25) is 0 Å². The lowest BCUT2D eigenvalue weighted by Gasteiger charge is -2.34. The van der Waals surface area contributed by atoms with Crippen molar-refractivity contribution in [3.8, 4) is 0 Å². The van der Waals surface area contributed by atoms with Crippen LogP contribution in [0.25, 0.3) is 0 Å². The average Bonchev–Trinajstić information content (AvgIpc) is 2.79. The van der Waals surface area contributed by atoms with Gasteiger partial charge in [0.15, 0.2) is 0 Å². The monoisotopic (exact) mass is 320 g/mol. The van der Waals surface area contributed by atoms with E-state index in [4.69, 9.17) is 0 Å². The Morgan fingerprint density at radius 2 is 1.61 bits per heavy atom. The smallest absolute Gasteiger partial charge is 0.236 e. The van der Waals surface area contributed by atoms with Crippen molar-refractivity contribution in [1.82, 2.24) is 10.2 Å². The van der Waals surface area contributed by atoms with Crippen LogP contribution in [0.1, 0.15) is 77.0 Å². The van der Waals surface area contributed by atoms with Crippen LogP contribution in [0.15, 0.2) is 0 Å². The molecule has 0 bridgehead atoms. The number of carbonyl (C=O) groups excluding carboxylic acids is 2. The van der Waals surface area contributed by atoms with Gasteiger partial charge in [-0.2, -0.15) is 0 Å². The predicted octanol–water partition coefficient (Wildman–Crippen LogP) is 3.25. The number of amides is 2. The molecule has 1 N–H and O–H groups in total. The highest BCUT2D eigenvalue weighted by Crippen LogP contribution is 2.42.